The molecular formula is C33H54N2O7. The Labute approximate surface area is 252 Å². The van der Waals surface area contributed by atoms with E-state index in [0.29, 0.717) is 17.8 Å². The lowest BCUT2D eigenvalue weighted by atomic mass is 9.93. The van der Waals surface area contributed by atoms with Gasteiger partial charge in [0, 0.05) is 19.3 Å². The van der Waals surface area contributed by atoms with Crippen molar-refractivity contribution in [1.82, 2.24) is 5.32 Å². The number of rotatable bonds is 23. The van der Waals surface area contributed by atoms with Gasteiger partial charge in [-0.2, -0.15) is 0 Å². The van der Waals surface area contributed by atoms with E-state index in [1.807, 2.05) is 19.1 Å². The largest absolute Gasteiger partial charge is 0.460 e. The molecule has 1 aromatic rings. The number of carbonyl (C=O) groups is 3. The predicted octanol–water partition coefficient (Wildman–Crippen LogP) is 7.82. The fourth-order valence-electron chi connectivity index (χ4n) is 4.26. The van der Waals surface area contributed by atoms with Crippen molar-refractivity contribution in [1.29, 1.82) is 0 Å². The molecule has 0 heterocycles. The van der Waals surface area contributed by atoms with Gasteiger partial charge in [0.15, 0.2) is 0 Å². The van der Waals surface area contributed by atoms with E-state index in [-0.39, 0.29) is 25.7 Å². The molecule has 1 amide bonds. The number of unbranched alkanes of at least 4 members (excludes halogenated alkanes) is 5. The van der Waals surface area contributed by atoms with Crippen LogP contribution in [0.1, 0.15) is 129 Å². The molecule has 42 heavy (non-hydrogen) atoms. The average molecular weight is 591 g/mol. The van der Waals surface area contributed by atoms with Crippen LogP contribution in [-0.4, -0.2) is 29.3 Å². The van der Waals surface area contributed by atoms with Gasteiger partial charge in [0.2, 0.25) is 5.91 Å². The molecular weight excluding hydrogens is 536 g/mol. The molecule has 0 aliphatic rings. The van der Waals surface area contributed by atoms with E-state index in [2.05, 4.69) is 30.9 Å². The van der Waals surface area contributed by atoms with Crippen LogP contribution in [0.2, 0.25) is 0 Å². The number of allylic oxidation sites excluding steroid dienone is 2. The van der Waals surface area contributed by atoms with Crippen LogP contribution in [0.5, 0.6) is 0 Å². The summed E-state index contributed by atoms with van der Waals surface area (Å²) in [5, 5.41) is 11.8. The zero-order chi connectivity index (χ0) is 31.4. The zero-order valence-corrected chi connectivity index (χ0v) is 26.4. The van der Waals surface area contributed by atoms with Crippen molar-refractivity contribution in [2.45, 2.75) is 131 Å². The topological polar surface area (TPSA) is 125 Å². The third-order valence-corrected chi connectivity index (χ3v) is 6.86. The molecule has 1 unspecified atom stereocenters. The van der Waals surface area contributed by atoms with Crippen LogP contribution < -0.4 is 5.32 Å². The van der Waals surface area contributed by atoms with Gasteiger partial charge < -0.3 is 14.9 Å². The Morgan fingerprint density at radius 3 is 2.14 bits per heavy atom. The lowest BCUT2D eigenvalue weighted by Gasteiger charge is -2.12. The number of nitrogens with zero attached hydrogens (tertiary/aromatic N) is 1. The van der Waals surface area contributed by atoms with Gasteiger partial charge in [-0.15, -0.1) is 10.1 Å². The molecule has 0 aliphatic carbocycles. The smallest absolute Gasteiger partial charge is 0.325 e. The van der Waals surface area contributed by atoms with Crippen LogP contribution in [0.3, 0.4) is 0 Å². The Morgan fingerprint density at radius 2 is 1.55 bits per heavy atom. The summed E-state index contributed by atoms with van der Waals surface area (Å²) in [7, 11) is 0. The highest BCUT2D eigenvalue weighted by molar-refractivity contribution is 5.81. The van der Waals surface area contributed by atoms with Gasteiger partial charge in [-0.25, -0.2) is 0 Å². The molecule has 9 heteroatoms. The SMILES string of the molecule is C/C=C\CCCC(=O)NCC(=O)OCc1ccc(CO[N+](=O)[O-])cc1.CCCCCCCC(=O)CCC(CC)CCC. The summed E-state index contributed by atoms with van der Waals surface area (Å²) in [4.78, 5) is 49.2. The van der Waals surface area contributed by atoms with Crippen LogP contribution >= 0.6 is 0 Å². The van der Waals surface area contributed by atoms with Gasteiger partial charge in [-0.3, -0.25) is 14.4 Å². The number of benzene rings is 1. The quantitative estimate of drug-likeness (QED) is 0.0453. The van der Waals surface area contributed by atoms with Crippen LogP contribution in [0.4, 0.5) is 0 Å². The number of esters is 1. The maximum Gasteiger partial charge on any atom is 0.325 e. The molecule has 0 bridgehead atoms. The Hall–Kier alpha value is -3.23. The van der Waals surface area contributed by atoms with E-state index in [0.717, 1.165) is 50.0 Å². The summed E-state index contributed by atoms with van der Waals surface area (Å²) >= 11 is 0. The number of hydrogen-bond acceptors (Lipinski definition) is 7. The minimum Gasteiger partial charge on any atom is -0.460 e. The van der Waals surface area contributed by atoms with Crippen molar-refractivity contribution in [2.75, 3.05) is 6.54 Å². The maximum atomic E-state index is 11.7. The number of carbonyl (C=O) groups excluding carboxylic acids is 3. The molecule has 0 spiro atoms. The highest BCUT2D eigenvalue weighted by atomic mass is 16.9. The van der Waals surface area contributed by atoms with Crippen LogP contribution in [0, 0.1) is 16.0 Å². The maximum absolute atomic E-state index is 11.7. The van der Waals surface area contributed by atoms with Gasteiger partial charge in [-0.1, -0.05) is 102 Å². The number of nitrogens with one attached hydrogen (secondary N) is 1. The summed E-state index contributed by atoms with van der Waals surface area (Å²) in [5.74, 6) is 0.569. The molecule has 0 saturated heterocycles. The van der Waals surface area contributed by atoms with E-state index in [9.17, 15) is 24.5 Å². The third kappa shape index (κ3) is 23.5. The van der Waals surface area contributed by atoms with E-state index >= 15 is 0 Å². The molecule has 1 atom stereocenters. The summed E-state index contributed by atoms with van der Waals surface area (Å²) < 4.78 is 5.06. The number of amides is 1. The van der Waals surface area contributed by atoms with Gasteiger partial charge in [0.25, 0.3) is 5.09 Å². The lowest BCUT2D eigenvalue weighted by molar-refractivity contribution is -0.763. The van der Waals surface area contributed by atoms with E-state index < -0.39 is 11.1 Å². The lowest BCUT2D eigenvalue weighted by Crippen LogP contribution is -2.30. The van der Waals surface area contributed by atoms with Crippen molar-refractivity contribution in [2.24, 2.45) is 5.92 Å². The molecule has 1 N–H and O–H groups in total. The molecule has 0 aliphatic heterocycles. The summed E-state index contributed by atoms with van der Waals surface area (Å²) in [6.45, 7) is 8.39. The average Bonchev–Trinajstić information content (AvgIpc) is 2.99. The summed E-state index contributed by atoms with van der Waals surface area (Å²) in [6.07, 6.45) is 18.7. The first-order valence-corrected chi connectivity index (χ1v) is 15.7. The fraction of sp³-hybridized carbons (Fsp3) is 0.667. The second kappa shape index (κ2) is 26.7. The molecule has 1 rings (SSSR count). The molecule has 238 valence electrons. The highest BCUT2D eigenvalue weighted by Gasteiger charge is 2.09. The molecule has 0 radical (unpaired) electrons. The zero-order valence-electron chi connectivity index (χ0n) is 26.4. The molecule has 0 fully saturated rings. The summed E-state index contributed by atoms with van der Waals surface area (Å²) in [6, 6.07) is 6.68. The Morgan fingerprint density at radius 1 is 0.881 bits per heavy atom. The monoisotopic (exact) mass is 590 g/mol. The van der Waals surface area contributed by atoms with Gasteiger partial charge in [0.1, 0.15) is 25.5 Å². The first kappa shape index (κ1) is 38.8. The van der Waals surface area contributed by atoms with E-state index in [1.165, 1.54) is 44.9 Å². The third-order valence-electron chi connectivity index (χ3n) is 6.86. The highest BCUT2D eigenvalue weighted by Crippen LogP contribution is 2.18. The van der Waals surface area contributed by atoms with E-state index in [1.54, 1.807) is 24.3 Å². The normalized spacial score (nSPS) is 11.3. The number of Topliss-reactive ketones (excluding diaryl/α,β-unsaturated/α-hetero) is 1. The summed E-state index contributed by atoms with van der Waals surface area (Å²) in [5.41, 5.74) is 1.37. The predicted molar refractivity (Wildman–Crippen MR) is 166 cm³/mol. The second-order valence-corrected chi connectivity index (χ2v) is 10.5. The Balaban J connectivity index is 0.000000865. The molecule has 1 aromatic carbocycles. The van der Waals surface area contributed by atoms with Gasteiger partial charge >= 0.3 is 5.97 Å². The van der Waals surface area contributed by atoms with Crippen molar-refractivity contribution in [3.8, 4) is 0 Å². The van der Waals surface area contributed by atoms with Crippen LogP contribution in [0.25, 0.3) is 0 Å². The second-order valence-electron chi connectivity index (χ2n) is 10.5. The Kier molecular flexibility index (Phi) is 24.6. The minimum atomic E-state index is -0.857. The minimum absolute atomic E-state index is 0.0619. The number of ether oxygens (including phenoxy) is 1. The standard InChI is InChI=1S/C17H22N2O6.C16H32O/c1-2-3-4-5-6-16(20)18-11-17(21)24-12-14-7-9-15(10-8-14)13-25-19(22)23;1-4-7-8-9-10-12-16(17)14-13-15(6-3)11-5-2/h2-3,7-10H,4-6,11-13H2,1H3,(H,18,20);15H,4-14H2,1-3H3/b3-2-;. The van der Waals surface area contributed by atoms with Crippen LogP contribution in [-0.2, 0) is 37.2 Å². The molecule has 9 nitrogen and oxygen atoms in total. The van der Waals surface area contributed by atoms with Crippen molar-refractivity contribution in [3.05, 3.63) is 57.7 Å². The molecule has 0 saturated carbocycles. The first-order valence-electron chi connectivity index (χ1n) is 15.7. The van der Waals surface area contributed by atoms with Crippen molar-refractivity contribution >= 4 is 17.7 Å². The number of hydrogen-bond donors (Lipinski definition) is 1. The van der Waals surface area contributed by atoms with Crippen LogP contribution in [0.15, 0.2) is 36.4 Å². The molecule has 0 aromatic heterocycles. The number of ketones is 1. The van der Waals surface area contributed by atoms with E-state index in [4.69, 9.17) is 4.74 Å². The van der Waals surface area contributed by atoms with Crippen molar-refractivity contribution in [3.63, 3.8) is 0 Å². The Bertz CT molecular complexity index is 900. The van der Waals surface area contributed by atoms with Crippen molar-refractivity contribution < 1.29 is 29.0 Å². The van der Waals surface area contributed by atoms with Gasteiger partial charge in [0.05, 0.1) is 0 Å². The first-order chi connectivity index (χ1) is 20.2. The fourth-order valence-corrected chi connectivity index (χ4v) is 4.26. The van der Waals surface area contributed by atoms with Gasteiger partial charge in [-0.05, 0) is 49.7 Å².